The highest BCUT2D eigenvalue weighted by Gasteiger charge is 2.24. The van der Waals surface area contributed by atoms with Crippen LogP contribution < -0.4 is 4.90 Å². The third-order valence-corrected chi connectivity index (χ3v) is 13.4. The van der Waals surface area contributed by atoms with Gasteiger partial charge in [0.05, 0.1) is 31.7 Å². The molecule has 0 spiro atoms. The van der Waals surface area contributed by atoms with Crippen molar-refractivity contribution in [1.82, 2.24) is 4.57 Å². The van der Waals surface area contributed by atoms with Gasteiger partial charge in [-0.25, -0.2) is 0 Å². The lowest BCUT2D eigenvalue weighted by molar-refractivity contribution is 0.645. The number of hydrogen-bond acceptors (Lipinski definition) is 4. The number of thiophene rings is 2. The molecule has 4 heterocycles. The largest absolute Gasteiger partial charge is 0.439 e. The molecule has 0 atom stereocenters. The molecule has 12 rings (SSSR count). The summed E-state index contributed by atoms with van der Waals surface area (Å²) in [4.78, 5) is 2.48. The number of furan rings is 1. The first kappa shape index (κ1) is 30.8. The van der Waals surface area contributed by atoms with Crippen molar-refractivity contribution in [2.45, 2.75) is 0 Å². The summed E-state index contributed by atoms with van der Waals surface area (Å²) in [6, 6.07) is 65.7. The SMILES string of the molecule is c1ccc(-n2c3ccccc3c3c4c(-c5ccc(N(c6cccc7c6sc6ccccc67)c6cccc7c6sc6ccccc67)cc5)cccc4oc32)cc1. The molecule has 12 aromatic rings. The van der Waals surface area contributed by atoms with E-state index in [0.717, 1.165) is 50.1 Å². The monoisotopic (exact) mass is 738 g/mol. The minimum Gasteiger partial charge on any atom is -0.439 e. The second-order valence-electron chi connectivity index (χ2n) is 14.0. The first-order chi connectivity index (χ1) is 27.3. The maximum Gasteiger partial charge on any atom is 0.213 e. The van der Waals surface area contributed by atoms with Gasteiger partial charge in [0.2, 0.25) is 5.71 Å². The van der Waals surface area contributed by atoms with Crippen LogP contribution in [0.25, 0.3) is 90.1 Å². The van der Waals surface area contributed by atoms with Crippen molar-refractivity contribution >= 4 is 113 Å². The van der Waals surface area contributed by atoms with Crippen molar-refractivity contribution in [3.05, 3.63) is 182 Å². The Labute approximate surface area is 324 Å². The van der Waals surface area contributed by atoms with Crippen molar-refractivity contribution in [3.63, 3.8) is 0 Å². The number of benzene rings is 8. The van der Waals surface area contributed by atoms with Gasteiger partial charge in [-0.15, -0.1) is 22.7 Å². The van der Waals surface area contributed by atoms with E-state index >= 15 is 0 Å². The fourth-order valence-electron chi connectivity index (χ4n) is 8.62. The van der Waals surface area contributed by atoms with Crippen LogP contribution in [0.5, 0.6) is 0 Å². The molecule has 0 unspecified atom stereocenters. The van der Waals surface area contributed by atoms with E-state index < -0.39 is 0 Å². The molecule has 0 saturated heterocycles. The predicted molar refractivity (Wildman–Crippen MR) is 236 cm³/mol. The van der Waals surface area contributed by atoms with Crippen LogP contribution in [-0.2, 0) is 0 Å². The first-order valence-electron chi connectivity index (χ1n) is 18.5. The lowest BCUT2D eigenvalue weighted by atomic mass is 9.98. The van der Waals surface area contributed by atoms with E-state index in [0.29, 0.717) is 0 Å². The zero-order chi connectivity index (χ0) is 36.0. The molecule has 0 aliphatic heterocycles. The van der Waals surface area contributed by atoms with Crippen molar-refractivity contribution in [2.75, 3.05) is 4.90 Å². The minimum absolute atomic E-state index is 0.866. The number of fused-ring (bicyclic) bond motifs is 11. The van der Waals surface area contributed by atoms with E-state index in [9.17, 15) is 0 Å². The lowest BCUT2D eigenvalue weighted by Crippen LogP contribution is -2.10. The van der Waals surface area contributed by atoms with Crippen molar-refractivity contribution < 1.29 is 4.42 Å². The third kappa shape index (κ3) is 4.54. The summed E-state index contributed by atoms with van der Waals surface area (Å²) in [6.45, 7) is 0. The smallest absolute Gasteiger partial charge is 0.213 e. The van der Waals surface area contributed by atoms with Crippen LogP contribution in [0, 0.1) is 0 Å². The van der Waals surface area contributed by atoms with E-state index in [1.807, 2.05) is 22.7 Å². The summed E-state index contributed by atoms with van der Waals surface area (Å²) in [7, 11) is 0. The molecule has 0 bridgehead atoms. The van der Waals surface area contributed by atoms with Crippen LogP contribution in [-0.4, -0.2) is 4.57 Å². The fourth-order valence-corrected chi connectivity index (χ4v) is 11.0. The Morgan fingerprint density at radius 2 is 1.00 bits per heavy atom. The molecule has 0 saturated carbocycles. The third-order valence-electron chi connectivity index (χ3n) is 11.0. The number of anilines is 3. The zero-order valence-corrected chi connectivity index (χ0v) is 31.1. The average Bonchev–Trinajstić information content (AvgIpc) is 4.00. The molecular formula is C50H30N2OS2. The Kier molecular flexibility index (Phi) is 6.67. The topological polar surface area (TPSA) is 21.3 Å². The number of hydrogen-bond donors (Lipinski definition) is 0. The second-order valence-corrected chi connectivity index (χ2v) is 16.1. The van der Waals surface area contributed by atoms with Crippen LogP contribution in [0.1, 0.15) is 0 Å². The molecule has 0 aliphatic rings. The predicted octanol–water partition coefficient (Wildman–Crippen LogP) is 15.4. The van der Waals surface area contributed by atoms with Crippen molar-refractivity contribution in [3.8, 4) is 16.8 Å². The van der Waals surface area contributed by atoms with Crippen LogP contribution in [0.4, 0.5) is 17.1 Å². The molecule has 5 heteroatoms. The molecule has 0 amide bonds. The highest BCUT2D eigenvalue weighted by Crippen LogP contribution is 2.49. The number of nitrogens with zero attached hydrogens (tertiary/aromatic N) is 2. The maximum atomic E-state index is 6.75. The molecule has 8 aromatic carbocycles. The van der Waals surface area contributed by atoms with Gasteiger partial charge >= 0.3 is 0 Å². The Morgan fingerprint density at radius 1 is 0.436 bits per heavy atom. The number of rotatable bonds is 5. The molecule has 4 aromatic heterocycles. The van der Waals surface area contributed by atoms with Gasteiger partial charge < -0.3 is 9.32 Å². The molecule has 0 aliphatic carbocycles. The van der Waals surface area contributed by atoms with Gasteiger partial charge in [-0.1, -0.05) is 121 Å². The van der Waals surface area contributed by atoms with Gasteiger partial charge in [0.15, 0.2) is 0 Å². The molecule has 0 radical (unpaired) electrons. The minimum atomic E-state index is 0.866. The molecule has 0 fully saturated rings. The van der Waals surface area contributed by atoms with E-state index in [4.69, 9.17) is 4.42 Å². The van der Waals surface area contributed by atoms with E-state index in [1.54, 1.807) is 0 Å². The van der Waals surface area contributed by atoms with Gasteiger partial charge in [-0.2, -0.15) is 0 Å². The molecule has 0 N–H and O–H groups in total. The van der Waals surface area contributed by atoms with Gasteiger partial charge in [-0.05, 0) is 71.8 Å². The van der Waals surface area contributed by atoms with Crippen molar-refractivity contribution in [1.29, 1.82) is 0 Å². The number of aromatic nitrogens is 1. The zero-order valence-electron chi connectivity index (χ0n) is 29.4. The summed E-state index contributed by atoms with van der Waals surface area (Å²) < 4.78 is 14.2. The van der Waals surface area contributed by atoms with Crippen LogP contribution in [0.2, 0.25) is 0 Å². The Bertz CT molecular complexity index is 3330. The lowest BCUT2D eigenvalue weighted by Gasteiger charge is -2.27. The maximum absolute atomic E-state index is 6.75. The Morgan fingerprint density at radius 3 is 1.67 bits per heavy atom. The Balaban J connectivity index is 1.08. The van der Waals surface area contributed by atoms with Crippen LogP contribution >= 0.6 is 22.7 Å². The van der Waals surface area contributed by atoms with Gasteiger partial charge in [0.1, 0.15) is 5.58 Å². The molecular weight excluding hydrogens is 709 g/mol. The second kappa shape index (κ2) is 11.9. The van der Waals surface area contributed by atoms with Gasteiger partial charge in [-0.3, -0.25) is 4.57 Å². The first-order valence-corrected chi connectivity index (χ1v) is 20.1. The van der Waals surface area contributed by atoms with Crippen molar-refractivity contribution in [2.24, 2.45) is 0 Å². The molecule has 3 nitrogen and oxygen atoms in total. The molecule has 258 valence electrons. The highest BCUT2D eigenvalue weighted by atomic mass is 32.1. The molecule has 55 heavy (non-hydrogen) atoms. The normalized spacial score (nSPS) is 12.0. The summed E-state index contributed by atoms with van der Waals surface area (Å²) in [5.74, 6) is 0. The van der Waals surface area contributed by atoms with Crippen LogP contribution in [0.3, 0.4) is 0 Å². The summed E-state index contributed by atoms with van der Waals surface area (Å²) in [6.07, 6.45) is 0. The van der Waals surface area contributed by atoms with Crippen LogP contribution in [0.15, 0.2) is 186 Å². The van der Waals surface area contributed by atoms with E-state index in [1.165, 1.54) is 57.1 Å². The quantitative estimate of drug-likeness (QED) is 0.175. The summed E-state index contributed by atoms with van der Waals surface area (Å²) in [5, 5.41) is 8.63. The standard InChI is InChI=1S/C50H30N2OS2/c1-2-13-32(14-3-1)52-40-21-7-4-17-39(40)47-46-34(18-12-24-43(46)53-50(47)52)31-27-29-33(30-28-31)51(41-22-10-19-37-35-15-5-8-25-44(35)54-48(37)41)42-23-11-20-38-36-16-6-9-26-45(36)55-49(38)42/h1-30H. The Hall–Kier alpha value is -6.66. The van der Waals surface area contributed by atoms with Gasteiger partial charge in [0.25, 0.3) is 0 Å². The van der Waals surface area contributed by atoms with E-state index in [2.05, 4.69) is 191 Å². The van der Waals surface area contributed by atoms with E-state index in [-0.39, 0.29) is 0 Å². The summed E-state index contributed by atoms with van der Waals surface area (Å²) in [5.41, 5.74) is 9.76. The fraction of sp³-hybridized carbons (Fsp3) is 0. The summed E-state index contributed by atoms with van der Waals surface area (Å²) >= 11 is 3.74. The number of para-hydroxylation sites is 2. The van der Waals surface area contributed by atoms with Gasteiger partial charge in [0, 0.05) is 53.1 Å². The average molecular weight is 739 g/mol. The highest BCUT2D eigenvalue weighted by molar-refractivity contribution is 7.27.